The maximum Gasteiger partial charge on any atom is 0.293 e. The summed E-state index contributed by atoms with van der Waals surface area (Å²) < 4.78 is 1.42. The van der Waals surface area contributed by atoms with Crippen LogP contribution < -0.4 is 21.9 Å². The van der Waals surface area contributed by atoms with Crippen molar-refractivity contribution in [1.82, 2.24) is 19.9 Å². The third-order valence-electron chi connectivity index (χ3n) is 5.37. The molecule has 3 rings (SSSR count). The number of nitrogens with zero attached hydrogens (tertiary/aromatic N) is 3. The van der Waals surface area contributed by atoms with Gasteiger partial charge < -0.3 is 16.4 Å². The van der Waals surface area contributed by atoms with E-state index in [4.69, 9.17) is 5.73 Å². The molecule has 8 heteroatoms. The molecule has 0 aliphatic heterocycles. The highest BCUT2D eigenvalue weighted by Gasteiger charge is 2.12. The molecule has 8 nitrogen and oxygen atoms in total. The predicted octanol–water partition coefficient (Wildman–Crippen LogP) is 2.12. The Labute approximate surface area is 181 Å². The van der Waals surface area contributed by atoms with Gasteiger partial charge >= 0.3 is 0 Å². The van der Waals surface area contributed by atoms with E-state index in [0.29, 0.717) is 24.6 Å². The summed E-state index contributed by atoms with van der Waals surface area (Å²) in [5.41, 5.74) is 10.1. The number of carbonyl (C=O) groups excluding carboxylic acids is 1. The van der Waals surface area contributed by atoms with E-state index in [1.165, 1.54) is 10.1 Å². The Bertz CT molecular complexity index is 1120. The zero-order valence-corrected chi connectivity index (χ0v) is 18.1. The standard InChI is InChI=1S/C23H28N6O2/c1-15-11-28-22(25-10-9-18-7-5-4-6-8-18)23(31)29(15)14-20(30)26-12-19-13-27-21(24)17(3)16(19)2/h4-8,11,13H,9-10,12,14H2,1-3H3,(H2,24,27)(H,25,28)(H,26,30). The first-order valence-corrected chi connectivity index (χ1v) is 10.2. The van der Waals surface area contributed by atoms with E-state index in [2.05, 4.69) is 20.6 Å². The van der Waals surface area contributed by atoms with Gasteiger partial charge in [0.1, 0.15) is 12.4 Å². The van der Waals surface area contributed by atoms with Gasteiger partial charge in [-0.15, -0.1) is 0 Å². The van der Waals surface area contributed by atoms with Gasteiger partial charge in [-0.05, 0) is 49.4 Å². The Kier molecular flexibility index (Phi) is 7.02. The predicted molar refractivity (Wildman–Crippen MR) is 122 cm³/mol. The summed E-state index contributed by atoms with van der Waals surface area (Å²) in [6.07, 6.45) is 4.03. The largest absolute Gasteiger partial charge is 0.383 e. The fraction of sp³-hybridized carbons (Fsp3) is 0.304. The zero-order chi connectivity index (χ0) is 22.4. The third-order valence-corrected chi connectivity index (χ3v) is 5.37. The Balaban J connectivity index is 1.62. The van der Waals surface area contributed by atoms with Crippen LogP contribution in [0.25, 0.3) is 0 Å². The lowest BCUT2D eigenvalue weighted by atomic mass is 10.1. The zero-order valence-electron chi connectivity index (χ0n) is 18.1. The Hall–Kier alpha value is -3.68. The number of nitrogen functional groups attached to an aromatic ring is 1. The van der Waals surface area contributed by atoms with Crippen molar-refractivity contribution < 1.29 is 4.79 Å². The molecule has 0 saturated heterocycles. The minimum atomic E-state index is -0.315. The molecule has 0 spiro atoms. The quantitative estimate of drug-likeness (QED) is 0.514. The van der Waals surface area contributed by atoms with Crippen LogP contribution in [0.5, 0.6) is 0 Å². The molecule has 0 aliphatic carbocycles. The van der Waals surface area contributed by atoms with E-state index >= 15 is 0 Å². The summed E-state index contributed by atoms with van der Waals surface area (Å²) in [7, 11) is 0. The van der Waals surface area contributed by atoms with Gasteiger partial charge in [-0.25, -0.2) is 9.97 Å². The summed E-state index contributed by atoms with van der Waals surface area (Å²) >= 11 is 0. The fourth-order valence-electron chi connectivity index (χ4n) is 3.20. The second-order valence-corrected chi connectivity index (χ2v) is 7.50. The number of nitrogens with one attached hydrogen (secondary N) is 2. The first kappa shape index (κ1) is 22.0. The molecule has 0 fully saturated rings. The molecule has 2 heterocycles. The fourth-order valence-corrected chi connectivity index (χ4v) is 3.20. The average Bonchev–Trinajstić information content (AvgIpc) is 2.77. The van der Waals surface area contributed by atoms with Crippen LogP contribution in [0.1, 0.15) is 27.9 Å². The van der Waals surface area contributed by atoms with Crippen molar-refractivity contribution in [2.75, 3.05) is 17.6 Å². The molecule has 2 aromatic heterocycles. The molecule has 31 heavy (non-hydrogen) atoms. The molecule has 0 unspecified atom stereocenters. The summed E-state index contributed by atoms with van der Waals surface area (Å²) in [6.45, 7) is 6.41. The van der Waals surface area contributed by atoms with Crippen molar-refractivity contribution in [2.45, 2.75) is 40.3 Å². The van der Waals surface area contributed by atoms with Crippen LogP contribution in [0.3, 0.4) is 0 Å². The van der Waals surface area contributed by atoms with Gasteiger partial charge in [-0.2, -0.15) is 0 Å². The second-order valence-electron chi connectivity index (χ2n) is 7.50. The van der Waals surface area contributed by atoms with Gasteiger partial charge in [0.05, 0.1) is 0 Å². The highest BCUT2D eigenvalue weighted by atomic mass is 16.2. The van der Waals surface area contributed by atoms with Crippen molar-refractivity contribution >= 4 is 17.5 Å². The van der Waals surface area contributed by atoms with Crippen molar-refractivity contribution in [3.8, 4) is 0 Å². The van der Waals surface area contributed by atoms with E-state index in [9.17, 15) is 9.59 Å². The highest BCUT2D eigenvalue weighted by Crippen LogP contribution is 2.16. The summed E-state index contributed by atoms with van der Waals surface area (Å²) in [5, 5.41) is 5.94. The number of pyridine rings is 1. The molecule has 0 radical (unpaired) electrons. The minimum Gasteiger partial charge on any atom is -0.383 e. The van der Waals surface area contributed by atoms with Crippen LogP contribution in [0.4, 0.5) is 11.6 Å². The van der Waals surface area contributed by atoms with Crippen LogP contribution in [0.2, 0.25) is 0 Å². The number of rotatable bonds is 8. The van der Waals surface area contributed by atoms with E-state index in [1.807, 2.05) is 44.2 Å². The van der Waals surface area contributed by atoms with Gasteiger partial charge in [0.25, 0.3) is 5.56 Å². The van der Waals surface area contributed by atoms with Gasteiger partial charge in [-0.3, -0.25) is 14.2 Å². The number of hydrogen-bond donors (Lipinski definition) is 3. The molecule has 1 amide bonds. The maximum atomic E-state index is 12.8. The molecule has 162 valence electrons. The second kappa shape index (κ2) is 9.88. The Morgan fingerprint density at radius 1 is 1.06 bits per heavy atom. The summed E-state index contributed by atoms with van der Waals surface area (Å²) in [6, 6.07) is 10.00. The molecule has 0 saturated carbocycles. The van der Waals surface area contributed by atoms with Crippen LogP contribution in [0, 0.1) is 20.8 Å². The lowest BCUT2D eigenvalue weighted by molar-refractivity contribution is -0.121. The van der Waals surface area contributed by atoms with E-state index in [0.717, 1.165) is 23.1 Å². The number of aromatic nitrogens is 3. The van der Waals surface area contributed by atoms with Gasteiger partial charge in [0.15, 0.2) is 5.82 Å². The van der Waals surface area contributed by atoms with Gasteiger partial charge in [-0.1, -0.05) is 30.3 Å². The topological polar surface area (TPSA) is 115 Å². The molecular formula is C23H28N6O2. The number of aryl methyl sites for hydroxylation is 1. The first-order chi connectivity index (χ1) is 14.9. The lowest BCUT2D eigenvalue weighted by Crippen LogP contribution is -2.34. The Morgan fingerprint density at radius 2 is 1.81 bits per heavy atom. The van der Waals surface area contributed by atoms with Crippen LogP contribution >= 0.6 is 0 Å². The normalized spacial score (nSPS) is 10.7. The SMILES string of the molecule is Cc1c(CNC(=O)Cn2c(C)cnc(NCCc3ccccc3)c2=O)cnc(N)c1C. The van der Waals surface area contributed by atoms with Crippen LogP contribution in [-0.2, 0) is 24.3 Å². The van der Waals surface area contributed by atoms with Crippen molar-refractivity contribution in [3.05, 3.63) is 81.0 Å². The number of nitrogens with two attached hydrogens (primary N) is 1. The van der Waals surface area contributed by atoms with Crippen LogP contribution in [0.15, 0.2) is 47.5 Å². The molecule has 4 N–H and O–H groups in total. The van der Waals surface area contributed by atoms with Crippen molar-refractivity contribution in [2.24, 2.45) is 0 Å². The molecule has 0 atom stereocenters. The minimum absolute atomic E-state index is 0.0824. The molecule has 0 aliphatic rings. The van der Waals surface area contributed by atoms with Gasteiger partial charge in [0, 0.05) is 31.2 Å². The molecule has 1 aromatic carbocycles. The number of carbonyl (C=O) groups is 1. The number of anilines is 2. The van der Waals surface area contributed by atoms with Gasteiger partial charge in [0.2, 0.25) is 5.91 Å². The first-order valence-electron chi connectivity index (χ1n) is 10.2. The van der Waals surface area contributed by atoms with E-state index in [1.54, 1.807) is 19.3 Å². The molecule has 3 aromatic rings. The van der Waals surface area contributed by atoms with Crippen LogP contribution in [-0.4, -0.2) is 27.0 Å². The third kappa shape index (κ3) is 5.48. The molecule has 0 bridgehead atoms. The van der Waals surface area contributed by atoms with Crippen molar-refractivity contribution in [1.29, 1.82) is 0 Å². The summed E-state index contributed by atoms with van der Waals surface area (Å²) in [4.78, 5) is 33.7. The number of hydrogen-bond acceptors (Lipinski definition) is 6. The molecular weight excluding hydrogens is 392 g/mol. The summed E-state index contributed by atoms with van der Waals surface area (Å²) in [5.74, 6) is 0.461. The smallest absolute Gasteiger partial charge is 0.293 e. The number of benzene rings is 1. The highest BCUT2D eigenvalue weighted by molar-refractivity contribution is 5.76. The monoisotopic (exact) mass is 420 g/mol. The maximum absolute atomic E-state index is 12.8. The average molecular weight is 421 g/mol. The van der Waals surface area contributed by atoms with Crippen molar-refractivity contribution in [3.63, 3.8) is 0 Å². The number of amides is 1. The lowest BCUT2D eigenvalue weighted by Gasteiger charge is -2.14. The van der Waals surface area contributed by atoms with E-state index in [-0.39, 0.29) is 23.8 Å². The Morgan fingerprint density at radius 3 is 2.55 bits per heavy atom. The van der Waals surface area contributed by atoms with E-state index < -0.39 is 0 Å².